The molecule has 0 N–H and O–H groups in total. The lowest BCUT2D eigenvalue weighted by Gasteiger charge is -2.19. The Morgan fingerprint density at radius 1 is 1.12 bits per heavy atom. The summed E-state index contributed by atoms with van der Waals surface area (Å²) in [6.07, 6.45) is 2.98. The minimum atomic E-state index is 0.824. The number of aromatic nitrogens is 1. The molecule has 3 rings (SSSR count). The number of methoxy groups -OCH3 is 1. The Morgan fingerprint density at radius 3 is 2.65 bits per heavy atom. The minimum Gasteiger partial charge on any atom is -0.496 e. The number of nitrogens with zero attached hydrogens (tertiary/aromatic N) is 2. The van der Waals surface area contributed by atoms with Gasteiger partial charge in [0.25, 0.3) is 0 Å². The third-order valence-corrected chi connectivity index (χ3v) is 5.15. The Morgan fingerprint density at radius 2 is 1.88 bits per heavy atom. The maximum absolute atomic E-state index is 5.46. The van der Waals surface area contributed by atoms with Crippen molar-refractivity contribution in [3.63, 3.8) is 0 Å². The molecule has 1 heterocycles. The van der Waals surface area contributed by atoms with Gasteiger partial charge >= 0.3 is 0 Å². The molecule has 0 aliphatic carbocycles. The first kappa shape index (κ1) is 18.4. The highest BCUT2D eigenvalue weighted by atomic mass is 32.1. The highest BCUT2D eigenvalue weighted by molar-refractivity contribution is 7.13. The molecule has 134 valence electrons. The average molecular weight is 365 g/mol. The van der Waals surface area contributed by atoms with E-state index in [0.29, 0.717) is 0 Å². The van der Waals surface area contributed by atoms with Crippen molar-refractivity contribution in [2.45, 2.75) is 13.0 Å². The van der Waals surface area contributed by atoms with Gasteiger partial charge in [-0.15, -0.1) is 17.9 Å². The molecule has 3 aromatic rings. The number of hydrogen-bond donors (Lipinski definition) is 0. The number of ether oxygens (including phenoxy) is 1. The fourth-order valence-electron chi connectivity index (χ4n) is 2.90. The average Bonchev–Trinajstić information content (AvgIpc) is 3.15. The molecule has 2 aromatic carbocycles. The summed E-state index contributed by atoms with van der Waals surface area (Å²) in [5.41, 5.74) is 3.49. The lowest BCUT2D eigenvalue weighted by molar-refractivity contribution is 0.295. The fourth-order valence-corrected chi connectivity index (χ4v) is 3.74. The van der Waals surface area contributed by atoms with Crippen molar-refractivity contribution < 1.29 is 4.74 Å². The van der Waals surface area contributed by atoms with Crippen LogP contribution in [0.2, 0.25) is 0 Å². The van der Waals surface area contributed by atoms with Crippen molar-refractivity contribution in [1.29, 1.82) is 0 Å². The molecule has 1 aromatic heterocycles. The molecule has 0 amide bonds. The van der Waals surface area contributed by atoms with Crippen LogP contribution in [0, 0.1) is 0 Å². The largest absolute Gasteiger partial charge is 0.496 e. The molecule has 0 atom stereocenters. The minimum absolute atomic E-state index is 0.824. The second-order valence-corrected chi connectivity index (χ2v) is 6.96. The Balaban J connectivity index is 1.68. The van der Waals surface area contributed by atoms with Crippen molar-refractivity contribution in [1.82, 2.24) is 9.88 Å². The smallest absolute Gasteiger partial charge is 0.129 e. The van der Waals surface area contributed by atoms with Crippen molar-refractivity contribution in [3.05, 3.63) is 83.9 Å². The fraction of sp³-hybridized carbons (Fsp3) is 0.227. The molecular weight excluding hydrogens is 340 g/mol. The van der Waals surface area contributed by atoms with Crippen LogP contribution in [-0.4, -0.2) is 30.1 Å². The highest BCUT2D eigenvalue weighted by Crippen LogP contribution is 2.32. The van der Waals surface area contributed by atoms with Gasteiger partial charge in [0.2, 0.25) is 0 Å². The Labute approximate surface area is 159 Å². The topological polar surface area (TPSA) is 25.4 Å². The zero-order valence-electron chi connectivity index (χ0n) is 15.1. The van der Waals surface area contributed by atoms with Gasteiger partial charge in [0.1, 0.15) is 10.8 Å². The third kappa shape index (κ3) is 4.81. The van der Waals surface area contributed by atoms with Crippen molar-refractivity contribution in [2.75, 3.05) is 20.2 Å². The van der Waals surface area contributed by atoms with Gasteiger partial charge in [-0.2, -0.15) is 0 Å². The predicted octanol–water partition coefficient (Wildman–Crippen LogP) is 5.05. The van der Waals surface area contributed by atoms with Gasteiger partial charge in [0.15, 0.2) is 0 Å². The number of hydrogen-bond acceptors (Lipinski definition) is 4. The van der Waals surface area contributed by atoms with E-state index in [1.807, 2.05) is 24.3 Å². The van der Waals surface area contributed by atoms with Crippen molar-refractivity contribution in [3.8, 4) is 16.3 Å². The van der Waals surface area contributed by atoms with Crippen LogP contribution in [0.3, 0.4) is 0 Å². The number of benzene rings is 2. The maximum Gasteiger partial charge on any atom is 0.129 e. The third-order valence-electron chi connectivity index (χ3n) is 4.22. The molecule has 0 radical (unpaired) electrons. The van der Waals surface area contributed by atoms with Crippen LogP contribution < -0.4 is 4.74 Å². The van der Waals surface area contributed by atoms with Gasteiger partial charge < -0.3 is 4.74 Å². The zero-order valence-corrected chi connectivity index (χ0v) is 15.9. The molecule has 26 heavy (non-hydrogen) atoms. The molecular formula is C22H24N2OS. The molecule has 0 aliphatic rings. The van der Waals surface area contributed by atoms with Gasteiger partial charge in [0, 0.05) is 25.0 Å². The Bertz CT molecular complexity index is 829. The van der Waals surface area contributed by atoms with E-state index >= 15 is 0 Å². The molecule has 0 spiro atoms. The molecule has 4 heteroatoms. The van der Waals surface area contributed by atoms with Crippen molar-refractivity contribution >= 4 is 11.3 Å². The zero-order chi connectivity index (χ0) is 18.2. The van der Waals surface area contributed by atoms with E-state index in [0.717, 1.165) is 48.1 Å². The standard InChI is InChI=1S/C22H24N2OS/c1-3-14-24(15-13-18-9-5-4-6-10-18)16-19-17-26-22(23-19)20-11-7-8-12-21(20)25-2/h3-12,17H,1,13-16H2,2H3. The first-order valence-corrected chi connectivity index (χ1v) is 9.63. The highest BCUT2D eigenvalue weighted by Gasteiger charge is 2.12. The summed E-state index contributed by atoms with van der Waals surface area (Å²) in [5, 5.41) is 3.14. The summed E-state index contributed by atoms with van der Waals surface area (Å²) >= 11 is 1.66. The maximum atomic E-state index is 5.46. The van der Waals surface area contributed by atoms with E-state index in [1.54, 1.807) is 18.4 Å². The molecule has 0 bridgehead atoms. The second kappa shape index (κ2) is 9.32. The van der Waals surface area contributed by atoms with E-state index in [4.69, 9.17) is 9.72 Å². The van der Waals surface area contributed by atoms with Crippen LogP contribution in [0.25, 0.3) is 10.6 Å². The van der Waals surface area contributed by atoms with Crippen molar-refractivity contribution in [2.24, 2.45) is 0 Å². The van der Waals surface area contributed by atoms with E-state index < -0.39 is 0 Å². The summed E-state index contributed by atoms with van der Waals surface area (Å²) in [5.74, 6) is 0.862. The van der Waals surface area contributed by atoms with E-state index in [-0.39, 0.29) is 0 Å². The number of rotatable bonds is 9. The van der Waals surface area contributed by atoms with Crippen LogP contribution in [0.15, 0.2) is 72.6 Å². The van der Waals surface area contributed by atoms with E-state index in [9.17, 15) is 0 Å². The molecule has 3 nitrogen and oxygen atoms in total. The summed E-state index contributed by atoms with van der Waals surface area (Å²) < 4.78 is 5.46. The lowest BCUT2D eigenvalue weighted by atomic mass is 10.1. The second-order valence-electron chi connectivity index (χ2n) is 6.10. The molecule has 0 saturated heterocycles. The van der Waals surface area contributed by atoms with Crippen LogP contribution in [0.4, 0.5) is 0 Å². The number of para-hydroxylation sites is 1. The van der Waals surface area contributed by atoms with Crippen LogP contribution in [0.1, 0.15) is 11.3 Å². The molecule has 0 unspecified atom stereocenters. The summed E-state index contributed by atoms with van der Waals surface area (Å²) in [7, 11) is 1.70. The van der Waals surface area contributed by atoms with Gasteiger partial charge in [-0.05, 0) is 24.1 Å². The first-order valence-electron chi connectivity index (χ1n) is 8.75. The van der Waals surface area contributed by atoms with Gasteiger partial charge in [-0.3, -0.25) is 4.90 Å². The first-order chi connectivity index (χ1) is 12.8. The van der Waals surface area contributed by atoms with Gasteiger partial charge in [0.05, 0.1) is 18.4 Å². The Kier molecular flexibility index (Phi) is 6.58. The lowest BCUT2D eigenvalue weighted by Crippen LogP contribution is -2.26. The Hall–Kier alpha value is -2.43. The molecule has 0 fully saturated rings. The van der Waals surface area contributed by atoms with Crippen LogP contribution in [-0.2, 0) is 13.0 Å². The van der Waals surface area contributed by atoms with E-state index in [2.05, 4.69) is 53.3 Å². The van der Waals surface area contributed by atoms with Crippen LogP contribution >= 0.6 is 11.3 Å². The van der Waals surface area contributed by atoms with Gasteiger partial charge in [-0.25, -0.2) is 4.98 Å². The predicted molar refractivity (Wildman–Crippen MR) is 110 cm³/mol. The van der Waals surface area contributed by atoms with E-state index in [1.165, 1.54) is 5.56 Å². The monoisotopic (exact) mass is 364 g/mol. The normalized spacial score (nSPS) is 10.8. The van der Waals surface area contributed by atoms with Crippen LogP contribution in [0.5, 0.6) is 5.75 Å². The van der Waals surface area contributed by atoms with Gasteiger partial charge in [-0.1, -0.05) is 48.5 Å². The molecule has 0 saturated carbocycles. The molecule has 0 aliphatic heterocycles. The SMILES string of the molecule is C=CCN(CCc1ccccc1)Cc1csc(-c2ccccc2OC)n1. The summed E-state index contributed by atoms with van der Waals surface area (Å²) in [6.45, 7) is 6.56. The summed E-state index contributed by atoms with van der Waals surface area (Å²) in [4.78, 5) is 7.20. The number of thiazole rings is 1. The summed E-state index contributed by atoms with van der Waals surface area (Å²) in [6, 6.07) is 18.6. The quantitative estimate of drug-likeness (QED) is 0.497.